The summed E-state index contributed by atoms with van der Waals surface area (Å²) in [5.74, 6) is -2.50. The molecule has 5 fully saturated rings. The van der Waals surface area contributed by atoms with E-state index in [0.29, 0.717) is 138 Å². The number of nitrogen functional groups attached to an aromatic ring is 1. The molecule has 0 unspecified atom stereocenters. The van der Waals surface area contributed by atoms with Crippen LogP contribution in [0.4, 0.5) is 66.5 Å². The SMILES string of the molecule is COc1ccc(CN2Cc3nc(-c4c(F)cccc4F)cc(Cc4ccc(N5CC(O)C5)cn4)c3C2=O)c(OC)c1.COc1ccc(CN2Cc3nc(-c4c(F)cccc4F)cc(Cl)c3C2=O)c(OC)c1.Nc1ccc(N2CC(O)C2)cn1.O=C1NCc2nc(-c3c(F)cccc3F)cc(Cc3ccc(N4CC(O)C4)cn3)c21.O=[N+]([O-])c1ccc(Br)cn1.O=[N+]([O-])c1ccc(N2CC(O)C2)cn1.OC1CNC1. The van der Waals surface area contributed by atoms with Crippen LogP contribution in [0.1, 0.15) is 81.8 Å². The Bertz CT molecular complexity index is 6730. The van der Waals surface area contributed by atoms with Crippen LogP contribution in [0.5, 0.6) is 23.0 Å². The molecule has 5 aromatic carbocycles. The second-order valence-corrected chi connectivity index (χ2v) is 34.8. The Balaban J connectivity index is 0.000000135. The van der Waals surface area contributed by atoms with Gasteiger partial charge < -0.3 is 110 Å². The van der Waals surface area contributed by atoms with Gasteiger partial charge in [0, 0.05) is 125 Å². The van der Waals surface area contributed by atoms with Crippen molar-refractivity contribution in [3.63, 3.8) is 0 Å². The fourth-order valence-corrected chi connectivity index (χ4v) is 16.6. The Morgan fingerprint density at radius 2 is 0.796 bits per heavy atom. The molecule has 0 spiro atoms. The van der Waals surface area contributed by atoms with Crippen LogP contribution < -0.4 is 54.9 Å². The highest BCUT2D eigenvalue weighted by Crippen LogP contribution is 2.40. The second kappa shape index (κ2) is 45.4. The number of amides is 3. The average molecular weight is 2030 g/mol. The monoisotopic (exact) mass is 2030 g/mol. The number of hydrogen-bond donors (Lipinski definition) is 8. The smallest absolute Gasteiger partial charge is 0.363 e. The van der Waals surface area contributed by atoms with Crippen molar-refractivity contribution in [1.29, 1.82) is 0 Å². The molecule has 0 aliphatic carbocycles. The lowest BCUT2D eigenvalue weighted by atomic mass is 9.98. The van der Waals surface area contributed by atoms with Gasteiger partial charge in [0.25, 0.3) is 17.7 Å². The standard InChI is InChI=1S/C31H28F2N4O4.C22H17ClF2N2O3.C22H18F2N4O2.C8H9N3O3.C8H11N3O.C5H3BrN2O2.C3H7NO/c1-40-23-9-6-18(28(12-23)41-2)14-37-17-27-29(31(37)39)19(11-26(35-27)30-24(32)4-3-5-25(30)33)10-20-7-8-21(13-34-20)36-15-22(38)16-36;1-29-13-7-6-12(19(8-13)30-2)10-27-11-18-20(22(27)28)14(23)9-17(26-18)21-15(24)4-3-5-16(21)25;23-16-2-1-3-17(24)21(16)18-7-12(20-19(27-18)9-26-22(20)30)6-13-4-5-14(8-25-13)28-10-15(29)11-28;12-7-4-10(5-7)6-1-2-8(9-3-6)11(13)14;9-8-2-1-6(3-10-8)11-4-7(12)5-11;6-4-1-2-5(7-3-4)8(9)10;5-3-1-4-2-3/h3-9,11-13,22,38H,10,14-17H2,1-2H3;3-9H,10-11H2,1-2H3;1-5,7-8,15,29H,6,9-11H2,(H,26,30);1-3,7,12H,4-5H2;1-3,7,12H,4-5H2,(H2,9,10);1-3H;3-5H,1-2H2. The summed E-state index contributed by atoms with van der Waals surface area (Å²) in [5, 5.41) is 71.6. The first-order valence-corrected chi connectivity index (χ1v) is 45.4. The highest BCUT2D eigenvalue weighted by atomic mass is 79.9. The first kappa shape index (κ1) is 101. The summed E-state index contributed by atoms with van der Waals surface area (Å²) in [6.07, 6.45) is 7.45. The van der Waals surface area contributed by atoms with Crippen molar-refractivity contribution in [2.75, 3.05) is 119 Å². The number of aliphatic hydroxyl groups is 5. The van der Waals surface area contributed by atoms with E-state index in [1.54, 1.807) is 104 Å². The second-order valence-electron chi connectivity index (χ2n) is 33.5. The highest BCUT2D eigenvalue weighted by Gasteiger charge is 2.38. The zero-order valence-electron chi connectivity index (χ0n) is 76.4. The minimum Gasteiger partial charge on any atom is -0.497 e. The molecule has 8 aliphatic rings. The number of pyridine rings is 8. The molecule has 9 N–H and O–H groups in total. The number of hydrogen-bond acceptors (Lipinski definition) is 30. The van der Waals surface area contributed by atoms with E-state index in [1.807, 2.05) is 57.2 Å². The summed E-state index contributed by atoms with van der Waals surface area (Å²) in [6.45, 7) is 7.44. The van der Waals surface area contributed by atoms with Gasteiger partial charge in [-0.3, -0.25) is 24.4 Å². The van der Waals surface area contributed by atoms with Crippen molar-refractivity contribution in [3.8, 4) is 56.8 Å². The van der Waals surface area contributed by atoms with Crippen molar-refractivity contribution in [2.24, 2.45) is 0 Å². The van der Waals surface area contributed by atoms with Crippen molar-refractivity contribution in [2.45, 2.75) is 76.1 Å². The number of carbonyl (C=O) groups is 3. The molecule has 13 aromatic rings. The van der Waals surface area contributed by atoms with Crippen molar-refractivity contribution in [3.05, 3.63) is 333 Å². The zero-order valence-corrected chi connectivity index (χ0v) is 78.8. The third-order valence-electron chi connectivity index (χ3n) is 23.7. The Morgan fingerprint density at radius 3 is 1.14 bits per heavy atom. The maximum absolute atomic E-state index is 14.8. The molecular weight excluding hydrogens is 1940 g/mol. The van der Waals surface area contributed by atoms with Crippen LogP contribution in [0.25, 0.3) is 33.8 Å². The molecule has 142 heavy (non-hydrogen) atoms. The molecule has 0 saturated carbocycles. The summed E-state index contributed by atoms with van der Waals surface area (Å²) < 4.78 is 109. The average Bonchev–Trinajstić information content (AvgIpc) is 1.60. The normalized spacial score (nSPS) is 15.0. The van der Waals surface area contributed by atoms with E-state index < -0.39 is 44.7 Å². The number of nitrogens with one attached hydrogen (secondary N) is 2. The van der Waals surface area contributed by atoms with Crippen LogP contribution in [0.15, 0.2) is 205 Å². The Kier molecular flexibility index (Phi) is 32.4. The first-order valence-electron chi connectivity index (χ1n) is 44.2. The zero-order chi connectivity index (χ0) is 101. The number of rotatable bonds is 21. The number of benzene rings is 5. The molecule has 43 heteroatoms. The molecule has 8 aromatic heterocycles. The maximum Gasteiger partial charge on any atom is 0.363 e. The minimum absolute atomic E-state index is 0.0463. The molecule has 16 heterocycles. The van der Waals surface area contributed by atoms with Crippen molar-refractivity contribution >= 4 is 85.5 Å². The van der Waals surface area contributed by atoms with Crippen molar-refractivity contribution < 1.29 is 95.1 Å². The predicted molar refractivity (Wildman–Crippen MR) is 515 cm³/mol. The number of carbonyl (C=O) groups excluding carboxylic acids is 3. The largest absolute Gasteiger partial charge is 0.497 e. The predicted octanol–water partition coefficient (Wildman–Crippen LogP) is 12.4. The number of ether oxygens (including phenoxy) is 4. The van der Waals surface area contributed by atoms with E-state index in [2.05, 4.69) is 71.3 Å². The lowest BCUT2D eigenvalue weighted by molar-refractivity contribution is -0.389. The summed E-state index contributed by atoms with van der Waals surface area (Å²) in [4.78, 5) is 103. The summed E-state index contributed by atoms with van der Waals surface area (Å²) in [5.41, 5.74) is 15.2. The van der Waals surface area contributed by atoms with Crippen LogP contribution in [-0.4, -0.2) is 227 Å². The molecular formula is C99H93BrClF6N19O16. The maximum atomic E-state index is 14.8. The Labute approximate surface area is 821 Å². The molecule has 0 atom stereocenters. The van der Waals surface area contributed by atoms with Gasteiger partial charge in [0.05, 0.1) is 210 Å². The number of aliphatic hydroxyl groups excluding tert-OH is 5. The third-order valence-corrected chi connectivity index (χ3v) is 24.5. The Hall–Kier alpha value is -15.2. The van der Waals surface area contributed by atoms with E-state index in [1.165, 1.54) is 80.2 Å². The quantitative estimate of drug-likeness (QED) is 0.0188. The molecule has 35 nitrogen and oxygen atoms in total. The van der Waals surface area contributed by atoms with Crippen LogP contribution >= 0.6 is 27.5 Å². The van der Waals surface area contributed by atoms with Crippen LogP contribution in [-0.2, 0) is 45.6 Å². The number of nitrogens with zero attached hydrogens (tertiary/aromatic N) is 16. The van der Waals surface area contributed by atoms with Gasteiger partial charge in [0.2, 0.25) is 0 Å². The van der Waals surface area contributed by atoms with E-state index in [9.17, 15) is 71.2 Å². The van der Waals surface area contributed by atoms with E-state index in [-0.39, 0.29) is 143 Å². The molecule has 21 rings (SSSR count). The lowest BCUT2D eigenvalue weighted by Gasteiger charge is -2.37. The number of anilines is 5. The number of β-amino-alcohol motifs (C(OH)–C–C–N with tert-alkyl or cyclic N) is 5. The number of nitrogens with two attached hydrogens (primary N) is 1. The lowest BCUT2D eigenvalue weighted by Crippen LogP contribution is -2.50. The summed E-state index contributed by atoms with van der Waals surface area (Å²) in [6, 6.07) is 43.2. The fraction of sp³-hybridized carbons (Fsp3) is 0.263. The molecule has 736 valence electrons. The van der Waals surface area contributed by atoms with Crippen molar-refractivity contribution in [1.82, 2.24) is 60.3 Å². The summed E-state index contributed by atoms with van der Waals surface area (Å²) >= 11 is 9.43. The molecule has 3 amide bonds. The van der Waals surface area contributed by atoms with E-state index in [4.69, 9.17) is 51.6 Å². The first-order chi connectivity index (χ1) is 68.3. The van der Waals surface area contributed by atoms with Gasteiger partial charge >= 0.3 is 11.6 Å². The van der Waals surface area contributed by atoms with Crippen LogP contribution in [0.2, 0.25) is 5.02 Å². The van der Waals surface area contributed by atoms with Gasteiger partial charge in [-0.1, -0.05) is 29.8 Å². The summed E-state index contributed by atoms with van der Waals surface area (Å²) in [7, 11) is 6.21. The third kappa shape index (κ3) is 24.1. The van der Waals surface area contributed by atoms with Gasteiger partial charge in [0.1, 0.15) is 63.7 Å². The number of fused-ring (bicyclic) bond motifs is 3. The number of methoxy groups -OCH3 is 4. The number of aromatic nitrogens is 8. The van der Waals surface area contributed by atoms with Crippen LogP contribution in [0, 0.1) is 55.1 Å². The van der Waals surface area contributed by atoms with Gasteiger partial charge in [-0.15, -0.1) is 0 Å². The van der Waals surface area contributed by atoms with Crippen LogP contribution in [0.3, 0.4) is 0 Å². The molecule has 0 bridgehead atoms. The van der Waals surface area contributed by atoms with Gasteiger partial charge in [0.15, 0.2) is 12.4 Å². The molecule has 0 radical (unpaired) electrons. The fourth-order valence-electron chi connectivity index (χ4n) is 16.1. The Morgan fingerprint density at radius 1 is 0.430 bits per heavy atom. The van der Waals surface area contributed by atoms with Gasteiger partial charge in [-0.25, -0.2) is 46.3 Å². The topological polar surface area (TPSA) is 448 Å². The van der Waals surface area contributed by atoms with Gasteiger partial charge in [-0.2, -0.15) is 0 Å². The number of halogens is 8. The van der Waals surface area contributed by atoms with Gasteiger partial charge in [-0.05, 0) is 174 Å². The highest BCUT2D eigenvalue weighted by molar-refractivity contribution is 9.10. The number of nitro groups is 2. The molecule has 5 saturated heterocycles. The minimum atomic E-state index is -0.748. The van der Waals surface area contributed by atoms with E-state index in [0.717, 1.165) is 63.6 Å². The molecule has 8 aliphatic heterocycles. The van der Waals surface area contributed by atoms with E-state index >= 15 is 0 Å².